The van der Waals surface area contributed by atoms with E-state index >= 15 is 0 Å². The molecule has 0 saturated carbocycles. The third-order valence-electron chi connectivity index (χ3n) is 0.933. The second-order valence-electron chi connectivity index (χ2n) is 2.99. The summed E-state index contributed by atoms with van der Waals surface area (Å²) in [5.74, 6) is 0.0388. The molecular formula is C9H22N2O. The Hall–Kier alpha value is -0.570. The standard InChI is InChI=1S/C6H14N2O.C3H8/c1-6(9)7-4-5-8(2)3;1-3-2/h4-5H2,1-3H3,(H,7,9);3H2,1-2H3. The van der Waals surface area contributed by atoms with E-state index in [-0.39, 0.29) is 5.91 Å². The predicted octanol–water partition coefficient (Wildman–Crippen LogP) is 1.10. The predicted molar refractivity (Wildman–Crippen MR) is 53.2 cm³/mol. The molecule has 0 aromatic heterocycles. The van der Waals surface area contributed by atoms with Crippen molar-refractivity contribution in [2.75, 3.05) is 27.2 Å². The molecule has 0 fully saturated rings. The Morgan fingerprint density at radius 1 is 1.33 bits per heavy atom. The van der Waals surface area contributed by atoms with Gasteiger partial charge in [-0.2, -0.15) is 0 Å². The second kappa shape index (κ2) is 10.4. The van der Waals surface area contributed by atoms with E-state index in [0.29, 0.717) is 0 Å². The molecule has 1 N–H and O–H groups in total. The Kier molecular flexibility index (Phi) is 12.2. The number of nitrogens with one attached hydrogen (secondary N) is 1. The number of carbonyl (C=O) groups is 1. The molecule has 12 heavy (non-hydrogen) atoms. The van der Waals surface area contributed by atoms with Crippen molar-refractivity contribution in [3.8, 4) is 0 Å². The molecule has 0 aliphatic rings. The zero-order chi connectivity index (χ0) is 9.98. The maximum atomic E-state index is 10.3. The van der Waals surface area contributed by atoms with Crippen LogP contribution in [0, 0.1) is 0 Å². The molecule has 0 radical (unpaired) electrons. The summed E-state index contributed by atoms with van der Waals surface area (Å²) in [6.07, 6.45) is 1.25. The van der Waals surface area contributed by atoms with Crippen LogP contribution in [0.4, 0.5) is 0 Å². The van der Waals surface area contributed by atoms with Crippen LogP contribution in [0.25, 0.3) is 0 Å². The SMILES string of the molecule is CC(=O)NCCN(C)C.CCC. The first-order valence-corrected chi connectivity index (χ1v) is 4.43. The molecule has 0 saturated heterocycles. The lowest BCUT2D eigenvalue weighted by atomic mass is 10.5. The van der Waals surface area contributed by atoms with Crippen LogP contribution < -0.4 is 5.32 Å². The lowest BCUT2D eigenvalue weighted by Crippen LogP contribution is -2.29. The van der Waals surface area contributed by atoms with Gasteiger partial charge in [-0.3, -0.25) is 4.79 Å². The summed E-state index contributed by atoms with van der Waals surface area (Å²) in [7, 11) is 3.95. The number of hydrogen-bond acceptors (Lipinski definition) is 2. The minimum absolute atomic E-state index is 0.0388. The molecule has 0 aromatic rings. The zero-order valence-electron chi connectivity index (χ0n) is 8.98. The Morgan fingerprint density at radius 2 is 1.75 bits per heavy atom. The highest BCUT2D eigenvalue weighted by molar-refractivity contribution is 5.72. The van der Waals surface area contributed by atoms with E-state index in [4.69, 9.17) is 0 Å². The molecule has 0 aliphatic heterocycles. The van der Waals surface area contributed by atoms with Gasteiger partial charge in [0.1, 0.15) is 0 Å². The Bertz CT molecular complexity index is 103. The summed E-state index contributed by atoms with van der Waals surface area (Å²) in [4.78, 5) is 12.3. The van der Waals surface area contributed by atoms with E-state index in [9.17, 15) is 4.79 Å². The molecule has 0 rings (SSSR count). The Balaban J connectivity index is 0. The van der Waals surface area contributed by atoms with E-state index in [1.54, 1.807) is 0 Å². The van der Waals surface area contributed by atoms with E-state index in [2.05, 4.69) is 19.2 Å². The van der Waals surface area contributed by atoms with Gasteiger partial charge in [0.25, 0.3) is 0 Å². The fraction of sp³-hybridized carbons (Fsp3) is 0.889. The van der Waals surface area contributed by atoms with Crippen LogP contribution in [0.2, 0.25) is 0 Å². The summed E-state index contributed by atoms with van der Waals surface area (Å²) in [6, 6.07) is 0. The molecule has 74 valence electrons. The molecule has 0 bridgehead atoms. The van der Waals surface area contributed by atoms with Crippen molar-refractivity contribution in [2.24, 2.45) is 0 Å². The number of likely N-dealkylation sites (N-methyl/N-ethyl adjacent to an activating group) is 1. The highest BCUT2D eigenvalue weighted by Gasteiger charge is 1.90. The molecule has 0 atom stereocenters. The maximum absolute atomic E-state index is 10.3. The lowest BCUT2D eigenvalue weighted by molar-refractivity contribution is -0.118. The quantitative estimate of drug-likeness (QED) is 0.695. The van der Waals surface area contributed by atoms with Crippen molar-refractivity contribution in [1.82, 2.24) is 10.2 Å². The number of carbonyl (C=O) groups excluding carboxylic acids is 1. The first-order valence-electron chi connectivity index (χ1n) is 4.43. The fourth-order valence-corrected chi connectivity index (χ4v) is 0.456. The van der Waals surface area contributed by atoms with Gasteiger partial charge in [-0.1, -0.05) is 20.3 Å². The normalized spacial score (nSPS) is 8.83. The average Bonchev–Trinajstić information content (AvgIpc) is 1.87. The zero-order valence-corrected chi connectivity index (χ0v) is 8.98. The Morgan fingerprint density at radius 3 is 2.00 bits per heavy atom. The summed E-state index contributed by atoms with van der Waals surface area (Å²) >= 11 is 0. The van der Waals surface area contributed by atoms with Crippen LogP contribution in [0.5, 0.6) is 0 Å². The maximum Gasteiger partial charge on any atom is 0.216 e. The van der Waals surface area contributed by atoms with E-state index < -0.39 is 0 Å². The molecular weight excluding hydrogens is 152 g/mol. The molecule has 1 amide bonds. The summed E-state index contributed by atoms with van der Waals surface area (Å²) < 4.78 is 0. The van der Waals surface area contributed by atoms with Crippen LogP contribution in [-0.2, 0) is 4.79 Å². The minimum Gasteiger partial charge on any atom is -0.355 e. The van der Waals surface area contributed by atoms with Crippen molar-refractivity contribution in [2.45, 2.75) is 27.2 Å². The Labute approximate surface area is 76.1 Å². The van der Waals surface area contributed by atoms with Crippen LogP contribution in [0.3, 0.4) is 0 Å². The van der Waals surface area contributed by atoms with Crippen LogP contribution in [-0.4, -0.2) is 38.0 Å². The van der Waals surface area contributed by atoms with Crippen LogP contribution >= 0.6 is 0 Å². The first-order chi connectivity index (χ1) is 5.54. The molecule has 0 unspecified atom stereocenters. The van der Waals surface area contributed by atoms with Crippen molar-refractivity contribution in [3.05, 3.63) is 0 Å². The summed E-state index contributed by atoms with van der Waals surface area (Å²) in [5.41, 5.74) is 0. The smallest absolute Gasteiger partial charge is 0.216 e. The van der Waals surface area contributed by atoms with Gasteiger partial charge < -0.3 is 10.2 Å². The van der Waals surface area contributed by atoms with Gasteiger partial charge in [0.05, 0.1) is 0 Å². The summed E-state index contributed by atoms with van der Waals surface area (Å²) in [5, 5.41) is 2.70. The third kappa shape index (κ3) is 22.7. The van der Waals surface area contributed by atoms with Crippen LogP contribution in [0.15, 0.2) is 0 Å². The minimum atomic E-state index is 0.0388. The lowest BCUT2D eigenvalue weighted by Gasteiger charge is -2.08. The monoisotopic (exact) mass is 174 g/mol. The second-order valence-corrected chi connectivity index (χ2v) is 2.99. The van der Waals surface area contributed by atoms with Gasteiger partial charge in [0.15, 0.2) is 0 Å². The highest BCUT2D eigenvalue weighted by atomic mass is 16.1. The first kappa shape index (κ1) is 14.0. The average molecular weight is 174 g/mol. The molecule has 3 heteroatoms. The summed E-state index contributed by atoms with van der Waals surface area (Å²) in [6.45, 7) is 7.41. The fourth-order valence-electron chi connectivity index (χ4n) is 0.456. The van der Waals surface area contributed by atoms with Crippen molar-refractivity contribution in [3.63, 3.8) is 0 Å². The van der Waals surface area contributed by atoms with Gasteiger partial charge in [-0.15, -0.1) is 0 Å². The molecule has 0 aromatic carbocycles. The molecule has 0 heterocycles. The third-order valence-corrected chi connectivity index (χ3v) is 0.933. The molecule has 3 nitrogen and oxygen atoms in total. The van der Waals surface area contributed by atoms with Gasteiger partial charge in [0, 0.05) is 20.0 Å². The van der Waals surface area contributed by atoms with Gasteiger partial charge in [0.2, 0.25) is 5.91 Å². The number of hydrogen-bond donors (Lipinski definition) is 1. The number of nitrogens with zero attached hydrogens (tertiary/aromatic N) is 1. The highest BCUT2D eigenvalue weighted by Crippen LogP contribution is 1.69. The van der Waals surface area contributed by atoms with Gasteiger partial charge >= 0.3 is 0 Å². The van der Waals surface area contributed by atoms with E-state index in [0.717, 1.165) is 13.1 Å². The van der Waals surface area contributed by atoms with E-state index in [1.807, 2.05) is 19.0 Å². The topological polar surface area (TPSA) is 32.3 Å². The van der Waals surface area contributed by atoms with Crippen molar-refractivity contribution >= 4 is 5.91 Å². The number of rotatable bonds is 3. The van der Waals surface area contributed by atoms with Crippen LogP contribution in [0.1, 0.15) is 27.2 Å². The van der Waals surface area contributed by atoms with Gasteiger partial charge in [-0.25, -0.2) is 0 Å². The van der Waals surface area contributed by atoms with Gasteiger partial charge in [-0.05, 0) is 14.1 Å². The molecule has 0 spiro atoms. The van der Waals surface area contributed by atoms with Crippen molar-refractivity contribution in [1.29, 1.82) is 0 Å². The largest absolute Gasteiger partial charge is 0.355 e. The van der Waals surface area contributed by atoms with E-state index in [1.165, 1.54) is 13.3 Å². The molecule has 0 aliphatic carbocycles. The van der Waals surface area contributed by atoms with Crippen molar-refractivity contribution < 1.29 is 4.79 Å². The number of amides is 1.